The molecule has 0 spiro atoms. The molecule has 2 aliphatic carbocycles. The maximum atomic E-state index is 12.0. The lowest BCUT2D eigenvalue weighted by Crippen LogP contribution is -2.49. The topological polar surface area (TPSA) is 75.4 Å². The van der Waals surface area contributed by atoms with Crippen molar-refractivity contribution in [2.45, 2.75) is 56.9 Å². The van der Waals surface area contributed by atoms with Gasteiger partial charge < -0.3 is 16.0 Å². The lowest BCUT2D eigenvalue weighted by atomic mass is 9.86. The van der Waals surface area contributed by atoms with Gasteiger partial charge in [0.05, 0.1) is 0 Å². The summed E-state index contributed by atoms with van der Waals surface area (Å²) in [5.74, 6) is 1.03. The van der Waals surface area contributed by atoms with Crippen LogP contribution in [0.2, 0.25) is 0 Å². The van der Waals surface area contributed by atoms with Gasteiger partial charge in [0.15, 0.2) is 0 Å². The monoisotopic (exact) mass is 445 g/mol. The minimum absolute atomic E-state index is 0.0659. The largest absolute Gasteiger partial charge is 0.366 e. The van der Waals surface area contributed by atoms with E-state index in [1.54, 1.807) is 6.92 Å². The number of carbonyl (C=O) groups excluding carboxylic acids is 2. The summed E-state index contributed by atoms with van der Waals surface area (Å²) in [6.07, 6.45) is 5.06. The van der Waals surface area contributed by atoms with Crippen molar-refractivity contribution in [3.05, 3.63) is 70.8 Å². The number of nitrogens with two attached hydrogens (primary N) is 1. The molecule has 1 saturated heterocycles. The number of piperidine rings is 1. The van der Waals surface area contributed by atoms with Gasteiger partial charge in [-0.25, -0.2) is 0 Å². The molecule has 2 atom stereocenters. The van der Waals surface area contributed by atoms with Gasteiger partial charge in [0.2, 0.25) is 11.8 Å². The van der Waals surface area contributed by atoms with E-state index in [1.807, 2.05) is 18.2 Å². The highest BCUT2D eigenvalue weighted by atomic mass is 16.1. The van der Waals surface area contributed by atoms with E-state index in [-0.39, 0.29) is 22.8 Å². The predicted molar refractivity (Wildman–Crippen MR) is 130 cm³/mol. The van der Waals surface area contributed by atoms with Crippen LogP contribution in [0.4, 0.5) is 0 Å². The third-order valence-corrected chi connectivity index (χ3v) is 8.63. The number of hydrogen-bond acceptors (Lipinski definition) is 3. The Morgan fingerprint density at radius 1 is 1.06 bits per heavy atom. The molecule has 3 aliphatic rings. The third-order valence-electron chi connectivity index (χ3n) is 8.63. The molecule has 2 fully saturated rings. The lowest BCUT2D eigenvalue weighted by molar-refractivity contribution is -0.120. The maximum absolute atomic E-state index is 12.0. The van der Waals surface area contributed by atoms with Gasteiger partial charge in [-0.05, 0) is 79.3 Å². The Labute approximate surface area is 196 Å². The highest BCUT2D eigenvalue weighted by Crippen LogP contribution is 2.65. The van der Waals surface area contributed by atoms with Crippen molar-refractivity contribution in [3.8, 4) is 0 Å². The van der Waals surface area contributed by atoms with Crippen LogP contribution in [0.15, 0.2) is 48.5 Å². The van der Waals surface area contributed by atoms with Crippen molar-refractivity contribution >= 4 is 11.8 Å². The van der Waals surface area contributed by atoms with Crippen LogP contribution >= 0.6 is 0 Å². The van der Waals surface area contributed by atoms with Gasteiger partial charge in [0, 0.05) is 36.5 Å². The Bertz CT molecular complexity index is 1040. The fourth-order valence-corrected chi connectivity index (χ4v) is 7.15. The molecule has 1 heterocycles. The summed E-state index contributed by atoms with van der Waals surface area (Å²) < 4.78 is 0. The highest BCUT2D eigenvalue weighted by Gasteiger charge is 2.67. The normalized spacial score (nSPS) is 27.1. The van der Waals surface area contributed by atoms with Crippen molar-refractivity contribution in [1.82, 2.24) is 10.2 Å². The molecule has 5 nitrogen and oxygen atoms in total. The van der Waals surface area contributed by atoms with E-state index in [4.69, 9.17) is 5.73 Å². The maximum Gasteiger partial charge on any atom is 0.248 e. The molecule has 33 heavy (non-hydrogen) atoms. The number of primary amides is 1. The Balaban J connectivity index is 1.19. The van der Waals surface area contributed by atoms with Crippen molar-refractivity contribution in [2.75, 3.05) is 19.6 Å². The summed E-state index contributed by atoms with van der Waals surface area (Å²) in [5, 5.41) is 3.31. The second-order valence-electron chi connectivity index (χ2n) is 10.5. The number of fused-ring (bicyclic) bond motifs is 2. The molecule has 2 unspecified atom stereocenters. The smallest absolute Gasteiger partial charge is 0.248 e. The van der Waals surface area contributed by atoms with Gasteiger partial charge in [-0.2, -0.15) is 0 Å². The first-order valence-corrected chi connectivity index (χ1v) is 12.3. The van der Waals surface area contributed by atoms with Crippen molar-refractivity contribution < 1.29 is 9.59 Å². The summed E-state index contributed by atoms with van der Waals surface area (Å²) >= 11 is 0. The second kappa shape index (κ2) is 8.28. The van der Waals surface area contributed by atoms with E-state index in [9.17, 15) is 9.59 Å². The molecule has 0 aromatic heterocycles. The number of benzene rings is 2. The summed E-state index contributed by atoms with van der Waals surface area (Å²) in [6, 6.07) is 16.6. The fourth-order valence-electron chi connectivity index (χ4n) is 7.15. The van der Waals surface area contributed by atoms with Gasteiger partial charge in [-0.3, -0.25) is 9.59 Å². The predicted octanol–water partition coefficient (Wildman–Crippen LogP) is 3.45. The SMILES string of the molecule is CCC1(c2cccc(C(N)=O)c2)C2CN(CCCC3(NC(C)=O)Cc4ccccc4C3)CC21. The molecular weight excluding hydrogens is 410 g/mol. The molecule has 5 heteroatoms. The molecule has 1 aliphatic heterocycles. The number of nitrogens with one attached hydrogen (secondary N) is 1. The van der Waals surface area contributed by atoms with Crippen LogP contribution in [0.3, 0.4) is 0 Å². The standard InChI is InChI=1S/C28H35N3O2/c1-3-28(23-11-6-10-20(14-23)26(29)33)24-17-31(18-25(24)28)13-7-12-27(30-19(2)32)15-21-8-4-5-9-22(21)16-27/h4-6,8-11,14,24-25H,3,7,12-13,15-18H2,1-2H3,(H2,29,33)(H,30,32). The molecule has 2 aromatic carbocycles. The van der Waals surface area contributed by atoms with Crippen LogP contribution in [0, 0.1) is 11.8 Å². The zero-order valence-corrected chi connectivity index (χ0v) is 19.8. The minimum Gasteiger partial charge on any atom is -0.366 e. The number of nitrogens with zero attached hydrogens (tertiary/aromatic N) is 1. The van der Waals surface area contributed by atoms with Gasteiger partial charge in [0.25, 0.3) is 0 Å². The average molecular weight is 446 g/mol. The Hall–Kier alpha value is -2.66. The minimum atomic E-state index is -0.349. The van der Waals surface area contributed by atoms with Gasteiger partial charge >= 0.3 is 0 Å². The Morgan fingerprint density at radius 2 is 1.73 bits per heavy atom. The van der Waals surface area contributed by atoms with Crippen molar-refractivity contribution in [2.24, 2.45) is 17.6 Å². The van der Waals surface area contributed by atoms with Crippen LogP contribution in [-0.2, 0) is 23.1 Å². The molecule has 3 N–H and O–H groups in total. The highest BCUT2D eigenvalue weighted by molar-refractivity contribution is 5.93. The Kier molecular flexibility index (Phi) is 5.56. The molecule has 1 saturated carbocycles. The first-order valence-electron chi connectivity index (χ1n) is 12.3. The molecular formula is C28H35N3O2. The van der Waals surface area contributed by atoms with Crippen LogP contribution in [0.25, 0.3) is 0 Å². The van der Waals surface area contributed by atoms with E-state index < -0.39 is 0 Å². The van der Waals surface area contributed by atoms with Crippen molar-refractivity contribution in [3.63, 3.8) is 0 Å². The van der Waals surface area contributed by atoms with Crippen LogP contribution in [0.5, 0.6) is 0 Å². The third kappa shape index (κ3) is 3.86. The van der Waals surface area contributed by atoms with E-state index >= 15 is 0 Å². The van der Waals surface area contributed by atoms with Crippen LogP contribution < -0.4 is 11.1 Å². The molecule has 5 rings (SSSR count). The number of rotatable bonds is 8. The summed E-state index contributed by atoms with van der Waals surface area (Å²) in [7, 11) is 0. The zero-order valence-electron chi connectivity index (χ0n) is 19.8. The van der Waals surface area contributed by atoms with Gasteiger partial charge in [-0.15, -0.1) is 0 Å². The molecule has 2 amide bonds. The van der Waals surface area contributed by atoms with E-state index in [1.165, 1.54) is 16.7 Å². The summed E-state index contributed by atoms with van der Waals surface area (Å²) in [6.45, 7) is 7.22. The van der Waals surface area contributed by atoms with Gasteiger partial charge in [-0.1, -0.05) is 43.3 Å². The first kappa shape index (κ1) is 22.1. The zero-order chi connectivity index (χ0) is 23.2. The van der Waals surface area contributed by atoms with E-state index in [0.717, 1.165) is 51.7 Å². The number of carbonyl (C=O) groups is 2. The van der Waals surface area contributed by atoms with Crippen LogP contribution in [0.1, 0.15) is 60.2 Å². The molecule has 174 valence electrons. The summed E-state index contributed by atoms with van der Waals surface area (Å²) in [5.41, 5.74) is 10.2. The average Bonchev–Trinajstić information content (AvgIpc) is 3.06. The first-order chi connectivity index (χ1) is 15.9. The van der Waals surface area contributed by atoms with Crippen molar-refractivity contribution in [1.29, 1.82) is 0 Å². The quantitative estimate of drug-likeness (QED) is 0.654. The molecule has 0 bridgehead atoms. The van der Waals surface area contributed by atoms with E-state index in [2.05, 4.69) is 47.5 Å². The molecule has 2 aromatic rings. The number of hydrogen-bond donors (Lipinski definition) is 2. The van der Waals surface area contributed by atoms with Gasteiger partial charge in [0.1, 0.15) is 0 Å². The summed E-state index contributed by atoms with van der Waals surface area (Å²) in [4.78, 5) is 26.2. The van der Waals surface area contributed by atoms with E-state index in [0.29, 0.717) is 17.4 Å². The Morgan fingerprint density at radius 3 is 2.30 bits per heavy atom. The fraction of sp³-hybridized carbons (Fsp3) is 0.500. The number of likely N-dealkylation sites (tertiary alicyclic amines) is 1. The second-order valence-corrected chi connectivity index (χ2v) is 10.5. The molecule has 0 radical (unpaired) electrons. The lowest BCUT2D eigenvalue weighted by Gasteiger charge is -2.32. The number of amides is 2. The van der Waals surface area contributed by atoms with Crippen LogP contribution in [-0.4, -0.2) is 41.9 Å².